The van der Waals surface area contributed by atoms with Gasteiger partial charge in [-0.25, -0.2) is 9.97 Å². The molecule has 1 amide bonds. The van der Waals surface area contributed by atoms with Crippen LogP contribution in [0.3, 0.4) is 0 Å². The van der Waals surface area contributed by atoms with Crippen LogP contribution in [0.5, 0.6) is 0 Å². The van der Waals surface area contributed by atoms with E-state index < -0.39 is 0 Å². The lowest BCUT2D eigenvalue weighted by atomic mass is 9.82. The number of likely N-dealkylation sites (tertiary alicyclic amines) is 1. The predicted molar refractivity (Wildman–Crippen MR) is 130 cm³/mol. The van der Waals surface area contributed by atoms with Gasteiger partial charge in [0.05, 0.1) is 17.0 Å². The summed E-state index contributed by atoms with van der Waals surface area (Å²) in [6.07, 6.45) is 10.4. The van der Waals surface area contributed by atoms with Crippen molar-refractivity contribution in [1.29, 1.82) is 0 Å². The first-order chi connectivity index (χ1) is 15.9. The van der Waals surface area contributed by atoms with Crippen molar-refractivity contribution >= 4 is 22.8 Å². The number of amides is 1. The number of anilines is 1. The normalized spacial score (nSPS) is 23.0. The molecular formula is C25H37N5O3. The van der Waals surface area contributed by atoms with Gasteiger partial charge < -0.3 is 19.9 Å². The summed E-state index contributed by atoms with van der Waals surface area (Å²) in [6.45, 7) is 7.21. The molecule has 0 spiro atoms. The number of carbonyl (C=O) groups is 1. The van der Waals surface area contributed by atoms with Crippen LogP contribution >= 0.6 is 0 Å². The van der Waals surface area contributed by atoms with Gasteiger partial charge in [-0.3, -0.25) is 9.59 Å². The highest BCUT2D eigenvalue weighted by Crippen LogP contribution is 2.36. The lowest BCUT2D eigenvalue weighted by Crippen LogP contribution is -2.40. The van der Waals surface area contributed by atoms with Gasteiger partial charge in [-0.05, 0) is 63.4 Å². The average molecular weight is 456 g/mol. The van der Waals surface area contributed by atoms with Gasteiger partial charge in [0.15, 0.2) is 0 Å². The van der Waals surface area contributed by atoms with E-state index in [0.717, 1.165) is 62.4 Å². The van der Waals surface area contributed by atoms with Crippen LogP contribution in [0.4, 0.5) is 5.95 Å². The zero-order valence-corrected chi connectivity index (χ0v) is 20.1. The van der Waals surface area contributed by atoms with Gasteiger partial charge in [0.25, 0.3) is 5.56 Å². The summed E-state index contributed by atoms with van der Waals surface area (Å²) in [5, 5.41) is 14.0. The van der Waals surface area contributed by atoms with Crippen LogP contribution < -0.4 is 10.9 Å². The SMILES string of the molecule is CCCC(C)Nc1ncc2c(=O)n(C3CCN(C(C)=O)CC3)cc([C@H]3CC[C@H](O)CC3)c2n1. The van der Waals surface area contributed by atoms with E-state index in [2.05, 4.69) is 24.1 Å². The van der Waals surface area contributed by atoms with Crippen LogP contribution in [0.1, 0.15) is 89.7 Å². The summed E-state index contributed by atoms with van der Waals surface area (Å²) >= 11 is 0. The number of carbonyl (C=O) groups excluding carboxylic acids is 1. The van der Waals surface area contributed by atoms with E-state index in [-0.39, 0.29) is 35.6 Å². The maximum atomic E-state index is 13.5. The molecule has 8 nitrogen and oxygen atoms in total. The smallest absolute Gasteiger partial charge is 0.261 e. The summed E-state index contributed by atoms with van der Waals surface area (Å²) in [4.78, 5) is 36.4. The first-order valence-corrected chi connectivity index (χ1v) is 12.5. The Morgan fingerprint density at radius 3 is 2.55 bits per heavy atom. The molecule has 2 aliphatic rings. The first-order valence-electron chi connectivity index (χ1n) is 12.5. The Balaban J connectivity index is 1.73. The van der Waals surface area contributed by atoms with Crippen LogP contribution in [0.25, 0.3) is 10.9 Å². The van der Waals surface area contributed by atoms with E-state index in [4.69, 9.17) is 4.98 Å². The fraction of sp³-hybridized carbons (Fsp3) is 0.680. The van der Waals surface area contributed by atoms with Gasteiger partial charge in [-0.1, -0.05) is 13.3 Å². The molecular weight excluding hydrogens is 418 g/mol. The van der Waals surface area contributed by atoms with Gasteiger partial charge in [0.2, 0.25) is 11.9 Å². The van der Waals surface area contributed by atoms with Crippen LogP contribution in [0.2, 0.25) is 0 Å². The Bertz CT molecular complexity index is 1040. The van der Waals surface area contributed by atoms with Crippen LogP contribution in [-0.2, 0) is 4.79 Å². The molecule has 1 saturated carbocycles. The van der Waals surface area contributed by atoms with Crippen LogP contribution in [0.15, 0.2) is 17.2 Å². The summed E-state index contributed by atoms with van der Waals surface area (Å²) in [6, 6.07) is 0.320. The molecule has 2 N–H and O–H groups in total. The predicted octanol–water partition coefficient (Wildman–Crippen LogP) is 3.59. The van der Waals surface area contributed by atoms with E-state index in [9.17, 15) is 14.7 Å². The molecule has 8 heteroatoms. The Morgan fingerprint density at radius 2 is 1.91 bits per heavy atom. The summed E-state index contributed by atoms with van der Waals surface area (Å²) in [7, 11) is 0. The zero-order valence-electron chi connectivity index (χ0n) is 20.1. The Morgan fingerprint density at radius 1 is 1.21 bits per heavy atom. The van der Waals surface area contributed by atoms with Crippen molar-refractivity contribution in [2.24, 2.45) is 0 Å². The van der Waals surface area contributed by atoms with Gasteiger partial charge in [-0.2, -0.15) is 0 Å². The van der Waals surface area contributed by atoms with Gasteiger partial charge in [0.1, 0.15) is 0 Å². The number of hydrogen-bond acceptors (Lipinski definition) is 6. The second kappa shape index (κ2) is 10.2. The Labute approximate surface area is 195 Å². The number of hydrogen-bond donors (Lipinski definition) is 2. The van der Waals surface area contributed by atoms with Gasteiger partial charge in [0, 0.05) is 44.5 Å². The molecule has 0 bridgehead atoms. The van der Waals surface area contributed by atoms with Crippen molar-refractivity contribution in [2.45, 2.75) is 96.2 Å². The van der Waals surface area contributed by atoms with Crippen molar-refractivity contribution in [3.63, 3.8) is 0 Å². The van der Waals surface area contributed by atoms with E-state index in [1.807, 2.05) is 15.7 Å². The molecule has 2 fully saturated rings. The maximum absolute atomic E-state index is 13.5. The standard InChI is InChI=1S/C25H37N5O3/c1-4-5-16(2)27-25-26-14-21-23(28-25)22(18-6-8-20(32)9-7-18)15-30(24(21)33)19-10-12-29(13-11-19)17(3)31/h14-16,18-20,32H,4-13H2,1-3H3,(H,26,27,28)/t16?,18-,20-. The molecule has 0 radical (unpaired) electrons. The van der Waals surface area contributed by atoms with E-state index in [1.165, 1.54) is 0 Å². The largest absolute Gasteiger partial charge is 0.393 e. The lowest BCUT2D eigenvalue weighted by molar-refractivity contribution is -0.130. The molecule has 3 heterocycles. The minimum atomic E-state index is -0.240. The summed E-state index contributed by atoms with van der Waals surface area (Å²) in [5.74, 6) is 0.912. The van der Waals surface area contributed by atoms with Crippen molar-refractivity contribution in [1.82, 2.24) is 19.4 Å². The molecule has 1 saturated heterocycles. The Kier molecular flexibility index (Phi) is 7.32. The van der Waals surface area contributed by atoms with Crippen LogP contribution in [0, 0.1) is 0 Å². The third-order valence-corrected chi connectivity index (χ3v) is 7.34. The minimum absolute atomic E-state index is 0.0565. The van der Waals surface area contributed by atoms with E-state index >= 15 is 0 Å². The number of aromatic nitrogens is 3. The highest BCUT2D eigenvalue weighted by Gasteiger charge is 2.28. The minimum Gasteiger partial charge on any atom is -0.393 e. The van der Waals surface area contributed by atoms with Crippen molar-refractivity contribution in [3.05, 3.63) is 28.3 Å². The number of aliphatic hydroxyl groups is 1. The van der Waals surface area contributed by atoms with Crippen LogP contribution in [-0.4, -0.2) is 55.7 Å². The summed E-state index contributed by atoms with van der Waals surface area (Å²) < 4.78 is 1.87. The van der Waals surface area contributed by atoms with Crippen molar-refractivity contribution < 1.29 is 9.90 Å². The average Bonchev–Trinajstić information content (AvgIpc) is 2.80. The molecule has 0 aromatic carbocycles. The van der Waals surface area contributed by atoms with Gasteiger partial charge in [-0.15, -0.1) is 0 Å². The molecule has 33 heavy (non-hydrogen) atoms. The number of aliphatic hydroxyl groups excluding tert-OH is 1. The Hall–Kier alpha value is -2.48. The monoisotopic (exact) mass is 455 g/mol. The number of nitrogens with zero attached hydrogens (tertiary/aromatic N) is 4. The molecule has 1 unspecified atom stereocenters. The van der Waals surface area contributed by atoms with Crippen molar-refractivity contribution in [2.75, 3.05) is 18.4 Å². The van der Waals surface area contributed by atoms with E-state index in [1.54, 1.807) is 13.1 Å². The highest BCUT2D eigenvalue weighted by molar-refractivity contribution is 5.81. The molecule has 2 aromatic rings. The molecule has 1 aliphatic carbocycles. The lowest BCUT2D eigenvalue weighted by Gasteiger charge is -2.33. The zero-order chi connectivity index (χ0) is 23.5. The number of pyridine rings is 1. The summed E-state index contributed by atoms with van der Waals surface area (Å²) in [5.41, 5.74) is 1.76. The van der Waals surface area contributed by atoms with Gasteiger partial charge >= 0.3 is 0 Å². The number of piperidine rings is 1. The molecule has 1 atom stereocenters. The molecule has 2 aromatic heterocycles. The first kappa shape index (κ1) is 23.7. The second-order valence-electron chi connectivity index (χ2n) is 9.83. The third-order valence-electron chi connectivity index (χ3n) is 7.34. The highest BCUT2D eigenvalue weighted by atomic mass is 16.3. The number of fused-ring (bicyclic) bond motifs is 1. The second-order valence-corrected chi connectivity index (χ2v) is 9.83. The number of rotatable bonds is 6. The quantitative estimate of drug-likeness (QED) is 0.690. The fourth-order valence-electron chi connectivity index (χ4n) is 5.38. The molecule has 4 rings (SSSR count). The van der Waals surface area contributed by atoms with Crippen molar-refractivity contribution in [3.8, 4) is 0 Å². The fourth-order valence-corrected chi connectivity index (χ4v) is 5.38. The number of nitrogens with one attached hydrogen (secondary N) is 1. The molecule has 1 aliphatic heterocycles. The van der Waals surface area contributed by atoms with E-state index in [0.29, 0.717) is 24.4 Å². The maximum Gasteiger partial charge on any atom is 0.261 e. The topological polar surface area (TPSA) is 100 Å². The molecule has 180 valence electrons. The third kappa shape index (κ3) is 5.21.